The molecule has 1 unspecified atom stereocenters. The van der Waals surface area contributed by atoms with Gasteiger partial charge in [-0.25, -0.2) is 4.39 Å². The highest BCUT2D eigenvalue weighted by atomic mass is 19.1. The van der Waals surface area contributed by atoms with Crippen LogP contribution >= 0.6 is 0 Å². The van der Waals surface area contributed by atoms with Crippen LogP contribution in [0.1, 0.15) is 65.2 Å². The summed E-state index contributed by atoms with van der Waals surface area (Å²) >= 11 is 0. The summed E-state index contributed by atoms with van der Waals surface area (Å²) in [4.78, 5) is 7.48. The molecule has 4 aliphatic carbocycles. The fourth-order valence-electron chi connectivity index (χ4n) is 7.52. The first-order valence-corrected chi connectivity index (χ1v) is 11.4. The molecule has 4 rings (SSSR count). The third-order valence-corrected chi connectivity index (χ3v) is 9.30. The SMILES string of the molecule is CN(C)CCO/N=C1\CC[C@@]2(C)C(CC[C@H]3[C@@H]4CC[C@H](O)[C@@]4(C)CC[C@@H]32)[C@@H]1F. The molecule has 4 fully saturated rings. The van der Waals surface area contributed by atoms with Crippen LogP contribution in [0.3, 0.4) is 0 Å². The maximum atomic E-state index is 15.5. The summed E-state index contributed by atoms with van der Waals surface area (Å²) in [6.45, 7) is 5.98. The molecule has 0 aromatic heterocycles. The maximum absolute atomic E-state index is 15.5. The summed E-state index contributed by atoms with van der Waals surface area (Å²) in [5, 5.41) is 14.8. The first-order chi connectivity index (χ1) is 13.3. The number of nitrogens with zero attached hydrogens (tertiary/aromatic N) is 2. The number of alkyl halides is 1. The molecule has 0 amide bonds. The molecular formula is C23H39FN2O2. The average molecular weight is 395 g/mol. The van der Waals surface area contributed by atoms with Gasteiger partial charge in [0, 0.05) is 12.5 Å². The molecule has 0 aromatic carbocycles. The fourth-order valence-corrected chi connectivity index (χ4v) is 7.52. The number of oxime groups is 1. The van der Waals surface area contributed by atoms with Crippen molar-refractivity contribution in [2.45, 2.75) is 77.5 Å². The molecule has 160 valence electrons. The van der Waals surface area contributed by atoms with Crippen molar-refractivity contribution >= 4 is 5.71 Å². The van der Waals surface area contributed by atoms with Gasteiger partial charge in [-0.1, -0.05) is 19.0 Å². The number of rotatable bonds is 4. The zero-order valence-corrected chi connectivity index (χ0v) is 18.2. The second-order valence-corrected chi connectivity index (χ2v) is 10.8. The lowest BCUT2D eigenvalue weighted by molar-refractivity contribution is -0.123. The van der Waals surface area contributed by atoms with E-state index in [2.05, 4.69) is 19.0 Å². The van der Waals surface area contributed by atoms with Crippen molar-refractivity contribution in [2.24, 2.45) is 39.7 Å². The predicted octanol–water partition coefficient (Wildman–Crippen LogP) is 4.27. The van der Waals surface area contributed by atoms with Crippen LogP contribution in [0.15, 0.2) is 5.16 Å². The van der Waals surface area contributed by atoms with Gasteiger partial charge in [0.1, 0.15) is 12.8 Å². The molecule has 4 saturated carbocycles. The Morgan fingerprint density at radius 3 is 2.50 bits per heavy atom. The summed E-state index contributed by atoms with van der Waals surface area (Å²) in [6, 6.07) is 0. The zero-order valence-electron chi connectivity index (χ0n) is 18.2. The Balaban J connectivity index is 1.47. The number of aliphatic hydroxyl groups excluding tert-OH is 1. The standard InChI is InChI=1S/C23H39FN2O2/c1-22-12-10-19(25-28-14-13-26(3)4)21(24)18(22)6-5-15-16-7-8-20(27)23(16,2)11-9-17(15)22/h15-18,20-21,27H,5-14H2,1-4H3/b25-19+/t15-,16-,17-,18?,20-,21-,22+,23-/m0/s1. The van der Waals surface area contributed by atoms with Gasteiger partial charge in [-0.15, -0.1) is 0 Å². The van der Waals surface area contributed by atoms with Crippen LogP contribution in [0.25, 0.3) is 0 Å². The fraction of sp³-hybridized carbons (Fsp3) is 0.957. The molecule has 0 heterocycles. The van der Waals surface area contributed by atoms with E-state index in [4.69, 9.17) is 4.84 Å². The van der Waals surface area contributed by atoms with E-state index in [9.17, 15) is 5.11 Å². The van der Waals surface area contributed by atoms with E-state index in [0.717, 1.165) is 57.9 Å². The van der Waals surface area contributed by atoms with Gasteiger partial charge in [0.2, 0.25) is 0 Å². The van der Waals surface area contributed by atoms with Crippen molar-refractivity contribution < 1.29 is 14.3 Å². The van der Waals surface area contributed by atoms with Crippen molar-refractivity contribution in [2.75, 3.05) is 27.2 Å². The van der Waals surface area contributed by atoms with Gasteiger partial charge in [0.25, 0.3) is 0 Å². The molecule has 28 heavy (non-hydrogen) atoms. The Morgan fingerprint density at radius 2 is 1.75 bits per heavy atom. The highest BCUT2D eigenvalue weighted by molar-refractivity contribution is 5.89. The molecule has 0 aromatic rings. The Bertz CT molecular complexity index is 611. The number of hydrogen-bond donors (Lipinski definition) is 1. The lowest BCUT2D eigenvalue weighted by atomic mass is 9.45. The van der Waals surface area contributed by atoms with Crippen LogP contribution in [-0.2, 0) is 4.84 Å². The molecule has 1 N–H and O–H groups in total. The topological polar surface area (TPSA) is 45.1 Å². The Kier molecular flexibility index (Phi) is 5.54. The van der Waals surface area contributed by atoms with Gasteiger partial charge in [-0.2, -0.15) is 0 Å². The van der Waals surface area contributed by atoms with Gasteiger partial charge in [0.15, 0.2) is 0 Å². The highest BCUT2D eigenvalue weighted by Crippen LogP contribution is 2.66. The number of aliphatic hydroxyl groups is 1. The Hall–Kier alpha value is -0.680. The Labute approximate surface area is 169 Å². The molecule has 0 spiro atoms. The Morgan fingerprint density at radius 1 is 1.04 bits per heavy atom. The molecule has 0 radical (unpaired) electrons. The number of hydrogen-bond acceptors (Lipinski definition) is 4. The molecule has 5 heteroatoms. The molecule has 0 aliphatic heterocycles. The summed E-state index contributed by atoms with van der Waals surface area (Å²) in [6.07, 6.45) is 7.11. The number of fused-ring (bicyclic) bond motifs is 5. The van der Waals surface area contributed by atoms with Crippen LogP contribution in [0, 0.1) is 34.5 Å². The van der Waals surface area contributed by atoms with Crippen molar-refractivity contribution in [3.8, 4) is 0 Å². The van der Waals surface area contributed by atoms with Gasteiger partial charge >= 0.3 is 0 Å². The first kappa shape index (κ1) is 20.6. The molecule has 0 saturated heterocycles. The summed E-state index contributed by atoms with van der Waals surface area (Å²) in [7, 11) is 3.99. The van der Waals surface area contributed by atoms with E-state index >= 15 is 4.39 Å². The van der Waals surface area contributed by atoms with E-state index in [0.29, 0.717) is 30.1 Å². The van der Waals surface area contributed by atoms with Crippen LogP contribution < -0.4 is 0 Å². The third kappa shape index (κ3) is 3.21. The van der Waals surface area contributed by atoms with Crippen molar-refractivity contribution in [3.63, 3.8) is 0 Å². The minimum Gasteiger partial charge on any atom is -0.394 e. The second kappa shape index (κ2) is 7.54. The van der Waals surface area contributed by atoms with Crippen LogP contribution in [0.2, 0.25) is 0 Å². The van der Waals surface area contributed by atoms with Crippen molar-refractivity contribution in [3.05, 3.63) is 0 Å². The highest BCUT2D eigenvalue weighted by Gasteiger charge is 2.61. The van der Waals surface area contributed by atoms with Crippen LogP contribution in [0.4, 0.5) is 4.39 Å². The minimum atomic E-state index is -0.957. The van der Waals surface area contributed by atoms with E-state index in [-0.39, 0.29) is 22.9 Å². The first-order valence-electron chi connectivity index (χ1n) is 11.4. The van der Waals surface area contributed by atoms with Gasteiger partial charge in [0.05, 0.1) is 11.8 Å². The smallest absolute Gasteiger partial charge is 0.145 e. The van der Waals surface area contributed by atoms with Crippen molar-refractivity contribution in [1.82, 2.24) is 4.90 Å². The van der Waals surface area contributed by atoms with Crippen LogP contribution in [-0.4, -0.2) is 55.2 Å². The molecule has 8 atom stereocenters. The zero-order chi connectivity index (χ0) is 20.1. The monoisotopic (exact) mass is 394 g/mol. The summed E-state index contributed by atoms with van der Waals surface area (Å²) in [5.41, 5.74) is 0.803. The molecular weight excluding hydrogens is 355 g/mol. The van der Waals surface area contributed by atoms with Crippen LogP contribution in [0.5, 0.6) is 0 Å². The second-order valence-electron chi connectivity index (χ2n) is 10.8. The lowest BCUT2D eigenvalue weighted by Crippen LogP contribution is -2.57. The normalized spacial score (nSPS) is 49.6. The van der Waals surface area contributed by atoms with E-state index in [1.807, 2.05) is 19.0 Å². The number of likely N-dealkylation sites (N-methyl/N-ethyl adjacent to an activating group) is 1. The largest absolute Gasteiger partial charge is 0.394 e. The summed E-state index contributed by atoms with van der Waals surface area (Å²) in [5.74, 6) is 1.97. The van der Waals surface area contributed by atoms with E-state index in [1.54, 1.807) is 0 Å². The average Bonchev–Trinajstić information content (AvgIpc) is 2.95. The van der Waals surface area contributed by atoms with Crippen molar-refractivity contribution in [1.29, 1.82) is 0 Å². The summed E-state index contributed by atoms with van der Waals surface area (Å²) < 4.78 is 15.5. The maximum Gasteiger partial charge on any atom is 0.145 e. The van der Waals surface area contributed by atoms with Gasteiger partial charge < -0.3 is 14.8 Å². The molecule has 4 nitrogen and oxygen atoms in total. The minimum absolute atomic E-state index is 0.0693. The van der Waals surface area contributed by atoms with E-state index in [1.165, 1.54) is 0 Å². The third-order valence-electron chi connectivity index (χ3n) is 9.30. The number of halogens is 1. The van der Waals surface area contributed by atoms with Gasteiger partial charge in [-0.3, -0.25) is 0 Å². The van der Waals surface area contributed by atoms with E-state index < -0.39 is 6.17 Å². The molecule has 0 bridgehead atoms. The quantitative estimate of drug-likeness (QED) is 0.572. The molecule has 4 aliphatic rings. The van der Waals surface area contributed by atoms with Gasteiger partial charge in [-0.05, 0) is 94.0 Å². The predicted molar refractivity (Wildman–Crippen MR) is 110 cm³/mol. The lowest BCUT2D eigenvalue weighted by Gasteiger charge is -2.60.